The first-order chi connectivity index (χ1) is 15.2. The number of thioether (sulfide) groups is 1. The molecule has 1 N–H and O–H groups in total. The van der Waals surface area contributed by atoms with Crippen LogP contribution in [0, 0.1) is 0 Å². The number of amides is 1. The van der Waals surface area contributed by atoms with Gasteiger partial charge in [0.05, 0.1) is 12.1 Å². The predicted octanol–water partition coefficient (Wildman–Crippen LogP) is 4.81. The first-order valence-electron chi connectivity index (χ1n) is 9.81. The zero-order chi connectivity index (χ0) is 21.5. The Kier molecular flexibility index (Phi) is 6.74. The second kappa shape index (κ2) is 10.0. The number of nitrogens with one attached hydrogen (secondary N) is 1. The normalized spacial score (nSPS) is 12.5. The van der Waals surface area contributed by atoms with Crippen LogP contribution < -0.4 is 19.5 Å². The van der Waals surface area contributed by atoms with Crippen molar-refractivity contribution in [2.75, 3.05) is 25.6 Å². The Bertz CT molecular complexity index is 1070. The molecule has 1 aliphatic rings. The number of methoxy groups -OCH3 is 1. The van der Waals surface area contributed by atoms with Gasteiger partial charge in [0.2, 0.25) is 11.7 Å². The number of fused-ring (bicyclic) bond motifs is 1. The number of hydrogen-bond acceptors (Lipinski definition) is 6. The van der Waals surface area contributed by atoms with Crippen LogP contribution in [0.1, 0.15) is 11.1 Å². The van der Waals surface area contributed by atoms with Crippen LogP contribution in [-0.2, 0) is 10.5 Å². The van der Waals surface area contributed by atoms with Crippen molar-refractivity contribution >= 4 is 29.4 Å². The molecule has 1 aliphatic heterocycles. The molecule has 0 fully saturated rings. The average Bonchev–Trinajstić information content (AvgIpc) is 2.82. The highest BCUT2D eigenvalue weighted by Crippen LogP contribution is 2.40. The molecular formula is C24H22N2O4S. The smallest absolute Gasteiger partial charge is 0.248 e. The van der Waals surface area contributed by atoms with E-state index in [9.17, 15) is 4.79 Å². The number of benzene rings is 2. The fraction of sp³-hybridized carbons (Fsp3) is 0.167. The summed E-state index contributed by atoms with van der Waals surface area (Å²) in [4.78, 5) is 16.7. The van der Waals surface area contributed by atoms with Crippen molar-refractivity contribution in [1.82, 2.24) is 4.98 Å². The van der Waals surface area contributed by atoms with Gasteiger partial charge in [-0.05, 0) is 53.6 Å². The first-order valence-corrected chi connectivity index (χ1v) is 10.8. The Morgan fingerprint density at radius 2 is 2.06 bits per heavy atom. The maximum Gasteiger partial charge on any atom is 0.248 e. The lowest BCUT2D eigenvalue weighted by Gasteiger charge is -2.20. The number of hydrogen-bond donors (Lipinski definition) is 1. The van der Waals surface area contributed by atoms with Gasteiger partial charge in [0.15, 0.2) is 11.5 Å². The summed E-state index contributed by atoms with van der Waals surface area (Å²) in [5.41, 5.74) is 2.64. The maximum atomic E-state index is 12.4. The van der Waals surface area contributed by atoms with Crippen molar-refractivity contribution in [3.05, 3.63) is 78.0 Å². The minimum Gasteiger partial charge on any atom is -0.493 e. The average molecular weight is 435 g/mol. The van der Waals surface area contributed by atoms with E-state index in [4.69, 9.17) is 14.2 Å². The maximum absolute atomic E-state index is 12.4. The van der Waals surface area contributed by atoms with Crippen LogP contribution >= 0.6 is 11.8 Å². The minimum atomic E-state index is -0.219. The Morgan fingerprint density at radius 3 is 2.90 bits per heavy atom. The van der Waals surface area contributed by atoms with Crippen molar-refractivity contribution in [1.29, 1.82) is 0 Å². The van der Waals surface area contributed by atoms with Crippen LogP contribution in [0.5, 0.6) is 17.2 Å². The van der Waals surface area contributed by atoms with E-state index < -0.39 is 0 Å². The molecule has 3 aromatic rings. The van der Waals surface area contributed by atoms with Gasteiger partial charge in [0.25, 0.3) is 0 Å². The quantitative estimate of drug-likeness (QED) is 0.425. The summed E-state index contributed by atoms with van der Waals surface area (Å²) in [6.07, 6.45) is 4.99. The van der Waals surface area contributed by atoms with E-state index in [1.165, 1.54) is 6.08 Å². The molecule has 0 bridgehead atoms. The lowest BCUT2D eigenvalue weighted by Crippen LogP contribution is -2.16. The summed E-state index contributed by atoms with van der Waals surface area (Å²) in [5, 5.41) is 3.87. The van der Waals surface area contributed by atoms with Gasteiger partial charge in [0, 0.05) is 23.7 Å². The van der Waals surface area contributed by atoms with Crippen LogP contribution in [0.3, 0.4) is 0 Å². The van der Waals surface area contributed by atoms with Crippen molar-refractivity contribution in [3.63, 3.8) is 0 Å². The van der Waals surface area contributed by atoms with Crippen LogP contribution in [0.15, 0.2) is 71.9 Å². The fourth-order valence-corrected chi connectivity index (χ4v) is 3.88. The molecule has 2 aromatic carbocycles. The second-order valence-electron chi connectivity index (χ2n) is 6.73. The van der Waals surface area contributed by atoms with Gasteiger partial charge in [-0.3, -0.25) is 4.79 Å². The molecule has 0 spiro atoms. The summed E-state index contributed by atoms with van der Waals surface area (Å²) >= 11 is 1.65. The first kappa shape index (κ1) is 20.8. The molecule has 0 saturated carbocycles. The number of anilines is 1. The minimum absolute atomic E-state index is 0.219. The molecule has 0 atom stereocenters. The highest BCUT2D eigenvalue weighted by molar-refractivity contribution is 7.98. The predicted molar refractivity (Wildman–Crippen MR) is 122 cm³/mol. The van der Waals surface area contributed by atoms with E-state index in [-0.39, 0.29) is 5.91 Å². The summed E-state index contributed by atoms with van der Waals surface area (Å²) in [7, 11) is 1.58. The van der Waals surface area contributed by atoms with Crippen LogP contribution in [-0.4, -0.2) is 31.2 Å². The Balaban J connectivity index is 1.39. The topological polar surface area (TPSA) is 69.7 Å². The van der Waals surface area contributed by atoms with E-state index in [2.05, 4.69) is 10.3 Å². The van der Waals surface area contributed by atoms with Gasteiger partial charge in [0.1, 0.15) is 13.2 Å². The standard InChI is InChI=1S/C24H22N2O4S/c1-28-20-14-17(15-21-24(20)30-12-11-29-21)8-9-22(27)26-19-6-4-5-18(13-19)16-31-23-7-2-3-10-25-23/h2-10,13-15H,11-12,16H2,1H3,(H,26,27)/b9-8+. The van der Waals surface area contributed by atoms with Crippen molar-refractivity contribution < 1.29 is 19.0 Å². The van der Waals surface area contributed by atoms with Crippen LogP contribution in [0.25, 0.3) is 6.08 Å². The molecule has 0 saturated heterocycles. The number of aromatic nitrogens is 1. The van der Waals surface area contributed by atoms with Gasteiger partial charge in [-0.2, -0.15) is 0 Å². The fourth-order valence-electron chi connectivity index (χ4n) is 3.07. The number of nitrogens with zero attached hydrogens (tertiary/aromatic N) is 1. The monoisotopic (exact) mass is 434 g/mol. The highest BCUT2D eigenvalue weighted by atomic mass is 32.2. The molecule has 7 heteroatoms. The van der Waals surface area contributed by atoms with Gasteiger partial charge in [-0.15, -0.1) is 11.8 Å². The van der Waals surface area contributed by atoms with Crippen LogP contribution in [0.4, 0.5) is 5.69 Å². The summed E-state index contributed by atoms with van der Waals surface area (Å²) < 4.78 is 16.6. The zero-order valence-electron chi connectivity index (χ0n) is 17.0. The van der Waals surface area contributed by atoms with E-state index in [0.717, 1.165) is 27.6 Å². The third-order valence-corrected chi connectivity index (χ3v) is 5.51. The molecule has 2 heterocycles. The zero-order valence-corrected chi connectivity index (χ0v) is 17.9. The number of rotatable bonds is 7. The molecule has 0 aliphatic carbocycles. The Labute approximate surface area is 185 Å². The van der Waals surface area contributed by atoms with Gasteiger partial charge in [-0.25, -0.2) is 4.98 Å². The third kappa shape index (κ3) is 5.58. The van der Waals surface area contributed by atoms with Crippen molar-refractivity contribution in [2.24, 2.45) is 0 Å². The number of pyridine rings is 1. The van der Waals surface area contributed by atoms with Crippen LogP contribution in [0.2, 0.25) is 0 Å². The molecule has 0 radical (unpaired) electrons. The molecule has 158 valence electrons. The number of carbonyl (C=O) groups excluding carboxylic acids is 1. The highest BCUT2D eigenvalue weighted by Gasteiger charge is 2.17. The van der Waals surface area contributed by atoms with Gasteiger partial charge >= 0.3 is 0 Å². The lowest BCUT2D eigenvalue weighted by atomic mass is 10.1. The SMILES string of the molecule is COc1cc(/C=C/C(=O)Nc2cccc(CSc3ccccn3)c2)cc2c1OCCO2. The third-order valence-electron chi connectivity index (χ3n) is 4.50. The molecule has 6 nitrogen and oxygen atoms in total. The summed E-state index contributed by atoms with van der Waals surface area (Å²) in [6, 6.07) is 17.3. The van der Waals surface area contributed by atoms with E-state index in [1.54, 1.807) is 31.1 Å². The molecule has 31 heavy (non-hydrogen) atoms. The Morgan fingerprint density at radius 1 is 1.16 bits per heavy atom. The van der Waals surface area contributed by atoms with Gasteiger partial charge in [-0.1, -0.05) is 18.2 Å². The largest absolute Gasteiger partial charge is 0.493 e. The molecule has 0 unspecified atom stereocenters. The molecule has 4 rings (SSSR count). The van der Waals surface area contributed by atoms with E-state index in [0.29, 0.717) is 30.5 Å². The van der Waals surface area contributed by atoms with Gasteiger partial charge < -0.3 is 19.5 Å². The van der Waals surface area contributed by atoms with Crippen molar-refractivity contribution in [3.8, 4) is 17.2 Å². The molecule has 1 amide bonds. The summed E-state index contributed by atoms with van der Waals surface area (Å²) in [6.45, 7) is 0.971. The number of ether oxygens (including phenoxy) is 3. The molecule has 1 aromatic heterocycles. The second-order valence-corrected chi connectivity index (χ2v) is 7.72. The van der Waals surface area contributed by atoms with E-state index in [1.807, 2.05) is 54.6 Å². The van der Waals surface area contributed by atoms with Crippen molar-refractivity contribution in [2.45, 2.75) is 10.8 Å². The summed E-state index contributed by atoms with van der Waals surface area (Å²) in [5.74, 6) is 2.34. The lowest BCUT2D eigenvalue weighted by molar-refractivity contribution is -0.111. The molecular weight excluding hydrogens is 412 g/mol. The van der Waals surface area contributed by atoms with E-state index >= 15 is 0 Å². The number of carbonyl (C=O) groups is 1. The Hall–Kier alpha value is -3.45.